The molecule has 0 aliphatic heterocycles. The first kappa shape index (κ1) is 15.6. The van der Waals surface area contributed by atoms with Crippen LogP contribution in [0.4, 0.5) is 10.5 Å². The molecule has 1 heterocycles. The lowest BCUT2D eigenvalue weighted by atomic mass is 10.1. The fourth-order valence-corrected chi connectivity index (χ4v) is 3.39. The molecule has 0 fully saturated rings. The monoisotopic (exact) mass is 333 g/mol. The van der Waals surface area contributed by atoms with Crippen molar-refractivity contribution in [1.82, 2.24) is 10.3 Å². The fourth-order valence-electron chi connectivity index (χ4n) is 3.39. The summed E-state index contributed by atoms with van der Waals surface area (Å²) >= 11 is 0. The van der Waals surface area contributed by atoms with Crippen LogP contribution in [0.15, 0.2) is 54.6 Å². The zero-order valence-electron chi connectivity index (χ0n) is 13.9. The van der Waals surface area contributed by atoms with E-state index in [1.165, 1.54) is 0 Å². The highest BCUT2D eigenvalue weighted by molar-refractivity contribution is 5.99. The number of urea groups is 1. The van der Waals surface area contributed by atoms with E-state index in [1.807, 2.05) is 61.5 Å². The predicted molar refractivity (Wildman–Crippen MR) is 97.5 cm³/mol. The molecule has 1 aliphatic rings. The van der Waals surface area contributed by atoms with Gasteiger partial charge >= 0.3 is 6.03 Å². The molecule has 1 aliphatic carbocycles. The van der Waals surface area contributed by atoms with Crippen molar-refractivity contribution in [3.05, 3.63) is 71.4 Å². The number of aliphatic hydroxyl groups excluding tert-OH is 1. The molecule has 1 aromatic heterocycles. The van der Waals surface area contributed by atoms with Crippen molar-refractivity contribution in [2.75, 3.05) is 5.32 Å². The van der Waals surface area contributed by atoms with Gasteiger partial charge in [-0.25, -0.2) is 4.79 Å². The number of para-hydroxylation sites is 1. The third-order valence-corrected chi connectivity index (χ3v) is 4.60. The molecule has 3 aromatic rings. The number of rotatable bonds is 2. The SMILES string of the molecule is Cc1ccc2cccc(NC(=O)N[C@@H]3c4ccccc4C[C@@H]3O)c2n1. The minimum atomic E-state index is -0.615. The summed E-state index contributed by atoms with van der Waals surface area (Å²) in [5.74, 6) is 0. The average Bonchev–Trinajstić information content (AvgIpc) is 2.91. The van der Waals surface area contributed by atoms with E-state index in [1.54, 1.807) is 0 Å². The van der Waals surface area contributed by atoms with E-state index >= 15 is 0 Å². The molecule has 4 rings (SSSR count). The first-order valence-corrected chi connectivity index (χ1v) is 8.31. The van der Waals surface area contributed by atoms with Crippen molar-refractivity contribution in [3.63, 3.8) is 0 Å². The molecule has 126 valence electrons. The van der Waals surface area contributed by atoms with Gasteiger partial charge in [-0.05, 0) is 30.2 Å². The number of hydrogen-bond donors (Lipinski definition) is 3. The number of fused-ring (bicyclic) bond motifs is 2. The van der Waals surface area contributed by atoms with Crippen LogP contribution in [0.2, 0.25) is 0 Å². The molecule has 0 saturated carbocycles. The van der Waals surface area contributed by atoms with Crippen molar-refractivity contribution in [2.24, 2.45) is 0 Å². The summed E-state index contributed by atoms with van der Waals surface area (Å²) in [7, 11) is 0. The normalized spacial score (nSPS) is 18.8. The van der Waals surface area contributed by atoms with Crippen molar-refractivity contribution >= 4 is 22.6 Å². The van der Waals surface area contributed by atoms with Crippen LogP contribution in [-0.2, 0) is 6.42 Å². The molecule has 0 spiro atoms. The second-order valence-corrected chi connectivity index (χ2v) is 6.38. The molecular formula is C20H19N3O2. The quantitative estimate of drug-likeness (QED) is 0.673. The first-order valence-electron chi connectivity index (χ1n) is 8.31. The van der Waals surface area contributed by atoms with Gasteiger partial charge in [0.2, 0.25) is 0 Å². The Labute approximate surface area is 145 Å². The number of nitrogens with one attached hydrogen (secondary N) is 2. The highest BCUT2D eigenvalue weighted by Gasteiger charge is 2.31. The molecule has 5 heteroatoms. The Hall–Kier alpha value is -2.92. The Bertz CT molecular complexity index is 955. The molecule has 0 unspecified atom stereocenters. The number of aromatic nitrogens is 1. The molecule has 3 N–H and O–H groups in total. The second kappa shape index (κ2) is 6.18. The molecule has 25 heavy (non-hydrogen) atoms. The number of amides is 2. The van der Waals surface area contributed by atoms with Gasteiger partial charge in [0.25, 0.3) is 0 Å². The van der Waals surface area contributed by atoms with Crippen LogP contribution in [0.25, 0.3) is 10.9 Å². The highest BCUT2D eigenvalue weighted by Crippen LogP contribution is 2.31. The molecule has 5 nitrogen and oxygen atoms in total. The Morgan fingerprint density at radius 2 is 1.96 bits per heavy atom. The van der Waals surface area contributed by atoms with E-state index in [9.17, 15) is 9.90 Å². The van der Waals surface area contributed by atoms with E-state index < -0.39 is 12.1 Å². The van der Waals surface area contributed by atoms with Gasteiger partial charge in [-0.2, -0.15) is 0 Å². The maximum atomic E-state index is 12.5. The van der Waals surface area contributed by atoms with Gasteiger partial charge in [-0.1, -0.05) is 42.5 Å². The van der Waals surface area contributed by atoms with Crippen LogP contribution in [0.3, 0.4) is 0 Å². The van der Waals surface area contributed by atoms with Gasteiger partial charge in [0.15, 0.2) is 0 Å². The lowest BCUT2D eigenvalue weighted by molar-refractivity contribution is 0.144. The average molecular weight is 333 g/mol. The Kier molecular flexibility index (Phi) is 3.86. The van der Waals surface area contributed by atoms with Crippen molar-refractivity contribution in [3.8, 4) is 0 Å². The number of hydrogen-bond acceptors (Lipinski definition) is 3. The summed E-state index contributed by atoms with van der Waals surface area (Å²) in [6.45, 7) is 1.92. The summed E-state index contributed by atoms with van der Waals surface area (Å²) in [5.41, 5.74) is 4.34. The van der Waals surface area contributed by atoms with Crippen molar-refractivity contribution < 1.29 is 9.90 Å². The number of nitrogens with zero attached hydrogens (tertiary/aromatic N) is 1. The summed E-state index contributed by atoms with van der Waals surface area (Å²) < 4.78 is 0. The molecule has 0 bridgehead atoms. The number of pyridine rings is 1. The molecule has 2 aromatic carbocycles. The Morgan fingerprint density at radius 1 is 1.12 bits per heavy atom. The molecule has 2 amide bonds. The van der Waals surface area contributed by atoms with Crippen LogP contribution in [0.5, 0.6) is 0 Å². The van der Waals surface area contributed by atoms with E-state index in [-0.39, 0.29) is 6.03 Å². The number of carbonyl (C=O) groups is 1. The Morgan fingerprint density at radius 3 is 2.84 bits per heavy atom. The van der Waals surface area contributed by atoms with Gasteiger partial charge < -0.3 is 15.7 Å². The predicted octanol–water partition coefficient (Wildman–Crippen LogP) is 3.32. The van der Waals surface area contributed by atoms with Crippen LogP contribution in [0.1, 0.15) is 22.9 Å². The van der Waals surface area contributed by atoms with Crippen molar-refractivity contribution in [2.45, 2.75) is 25.5 Å². The van der Waals surface area contributed by atoms with E-state index in [4.69, 9.17) is 0 Å². The molecule has 0 saturated heterocycles. The van der Waals surface area contributed by atoms with Crippen molar-refractivity contribution in [1.29, 1.82) is 0 Å². The maximum Gasteiger partial charge on any atom is 0.319 e. The summed E-state index contributed by atoms with van der Waals surface area (Å²) in [5, 5.41) is 17.0. The number of aliphatic hydroxyl groups is 1. The van der Waals surface area contributed by atoms with Crippen LogP contribution >= 0.6 is 0 Å². The van der Waals surface area contributed by atoms with Gasteiger partial charge in [0, 0.05) is 17.5 Å². The molecular weight excluding hydrogens is 314 g/mol. The summed E-state index contributed by atoms with van der Waals surface area (Å²) in [4.78, 5) is 17.0. The van der Waals surface area contributed by atoms with Gasteiger partial charge in [-0.3, -0.25) is 4.98 Å². The first-order chi connectivity index (χ1) is 12.1. The highest BCUT2D eigenvalue weighted by atomic mass is 16.3. The summed E-state index contributed by atoms with van der Waals surface area (Å²) in [6, 6.07) is 16.6. The van der Waals surface area contributed by atoms with Crippen LogP contribution in [-0.4, -0.2) is 22.2 Å². The smallest absolute Gasteiger partial charge is 0.319 e. The second-order valence-electron chi connectivity index (χ2n) is 6.38. The third kappa shape index (κ3) is 2.94. The van der Waals surface area contributed by atoms with Crippen LogP contribution in [0, 0.1) is 6.92 Å². The minimum Gasteiger partial charge on any atom is -0.390 e. The zero-order valence-corrected chi connectivity index (χ0v) is 13.9. The maximum absolute atomic E-state index is 12.5. The van der Waals surface area contributed by atoms with Gasteiger partial charge in [0.05, 0.1) is 23.3 Å². The van der Waals surface area contributed by atoms with Gasteiger partial charge in [-0.15, -0.1) is 0 Å². The number of carbonyl (C=O) groups excluding carboxylic acids is 1. The van der Waals surface area contributed by atoms with E-state index in [0.29, 0.717) is 12.1 Å². The van der Waals surface area contributed by atoms with Gasteiger partial charge in [0.1, 0.15) is 0 Å². The lowest BCUT2D eigenvalue weighted by Gasteiger charge is -2.18. The topological polar surface area (TPSA) is 74.2 Å². The number of benzene rings is 2. The van der Waals surface area contributed by atoms with Crippen LogP contribution < -0.4 is 10.6 Å². The fraction of sp³-hybridized carbons (Fsp3) is 0.200. The summed E-state index contributed by atoms with van der Waals surface area (Å²) in [6.07, 6.45) is -0.0631. The lowest BCUT2D eigenvalue weighted by Crippen LogP contribution is -2.36. The van der Waals surface area contributed by atoms with E-state index in [0.717, 1.165) is 27.7 Å². The molecule has 0 radical (unpaired) electrons. The molecule has 2 atom stereocenters. The zero-order chi connectivity index (χ0) is 17.4. The number of anilines is 1. The Balaban J connectivity index is 1.56. The minimum absolute atomic E-state index is 0.350. The standard InChI is InChI=1S/C20H19N3O2/c1-12-9-10-13-6-4-8-16(18(13)21-12)22-20(25)23-19-15-7-3-2-5-14(15)11-17(19)24/h2-10,17,19,24H,11H2,1H3,(H2,22,23,25)/t17-,19+/m0/s1. The largest absolute Gasteiger partial charge is 0.390 e. The third-order valence-electron chi connectivity index (χ3n) is 4.60. The van der Waals surface area contributed by atoms with E-state index in [2.05, 4.69) is 15.6 Å². The number of aryl methyl sites for hydroxylation is 1.